The number of pyridine rings is 2. The van der Waals surface area contributed by atoms with Crippen LogP contribution in [0, 0.1) is 0 Å². The van der Waals surface area contributed by atoms with Crippen molar-refractivity contribution in [2.24, 2.45) is 0 Å². The minimum absolute atomic E-state index is 0.0629. The van der Waals surface area contributed by atoms with Crippen molar-refractivity contribution in [1.82, 2.24) is 15.3 Å². The first-order valence-corrected chi connectivity index (χ1v) is 9.87. The van der Waals surface area contributed by atoms with Gasteiger partial charge < -0.3 is 5.32 Å². The fourth-order valence-electron chi connectivity index (χ4n) is 3.41. The Balaban J connectivity index is 1.58. The Labute approximate surface area is 170 Å². The molecule has 1 atom stereocenters. The molecule has 0 saturated carbocycles. The third-order valence-electron chi connectivity index (χ3n) is 4.97. The topological polar surface area (TPSA) is 54.9 Å². The average molecular weight is 381 g/mol. The van der Waals surface area contributed by atoms with Crippen LogP contribution in [0.1, 0.15) is 29.3 Å². The van der Waals surface area contributed by atoms with Gasteiger partial charge in [-0.1, -0.05) is 54.6 Å². The summed E-state index contributed by atoms with van der Waals surface area (Å²) < 4.78 is 0. The highest BCUT2D eigenvalue weighted by Crippen LogP contribution is 2.23. The number of aryl methyl sites for hydroxylation is 1. The highest BCUT2D eigenvalue weighted by atomic mass is 16.1. The van der Waals surface area contributed by atoms with E-state index in [2.05, 4.69) is 22.4 Å². The lowest BCUT2D eigenvalue weighted by atomic mass is 10.0. The van der Waals surface area contributed by atoms with Crippen molar-refractivity contribution in [3.8, 4) is 11.4 Å². The zero-order chi connectivity index (χ0) is 20.1. The molecule has 144 valence electrons. The van der Waals surface area contributed by atoms with Crippen LogP contribution in [-0.4, -0.2) is 21.9 Å². The number of carbonyl (C=O) groups is 1. The maximum Gasteiger partial charge on any atom is 0.252 e. The van der Waals surface area contributed by atoms with E-state index < -0.39 is 0 Å². The van der Waals surface area contributed by atoms with E-state index in [-0.39, 0.29) is 11.9 Å². The van der Waals surface area contributed by atoms with E-state index in [0.29, 0.717) is 11.3 Å². The molecule has 4 heteroatoms. The Morgan fingerprint density at radius 2 is 1.69 bits per heavy atom. The molecular weight excluding hydrogens is 358 g/mol. The van der Waals surface area contributed by atoms with Gasteiger partial charge in [0.05, 0.1) is 22.5 Å². The highest BCUT2D eigenvalue weighted by Gasteiger charge is 2.16. The van der Waals surface area contributed by atoms with Gasteiger partial charge in [0, 0.05) is 17.6 Å². The van der Waals surface area contributed by atoms with E-state index >= 15 is 0 Å². The maximum atomic E-state index is 13.1. The van der Waals surface area contributed by atoms with E-state index in [1.165, 1.54) is 5.56 Å². The molecule has 0 saturated heterocycles. The molecule has 29 heavy (non-hydrogen) atoms. The molecule has 0 fully saturated rings. The number of amides is 1. The molecule has 0 aliphatic carbocycles. The first-order chi connectivity index (χ1) is 14.2. The summed E-state index contributed by atoms with van der Waals surface area (Å²) in [6.45, 7) is 2.05. The number of aromatic nitrogens is 2. The number of carbonyl (C=O) groups excluding carboxylic acids is 1. The van der Waals surface area contributed by atoms with Gasteiger partial charge in [0.1, 0.15) is 0 Å². The third kappa shape index (κ3) is 4.49. The van der Waals surface area contributed by atoms with Crippen LogP contribution in [0.2, 0.25) is 0 Å². The summed E-state index contributed by atoms with van der Waals surface area (Å²) in [6, 6.07) is 25.7. The second kappa shape index (κ2) is 8.65. The number of fused-ring (bicyclic) bond motifs is 1. The number of nitrogens with one attached hydrogen (secondary N) is 1. The van der Waals surface area contributed by atoms with Gasteiger partial charge in [-0.2, -0.15) is 0 Å². The van der Waals surface area contributed by atoms with Crippen LogP contribution in [0.3, 0.4) is 0 Å². The molecule has 1 N–H and O–H groups in total. The zero-order valence-electron chi connectivity index (χ0n) is 16.4. The highest BCUT2D eigenvalue weighted by molar-refractivity contribution is 6.07. The minimum atomic E-state index is -0.0821. The number of para-hydroxylation sites is 1. The lowest BCUT2D eigenvalue weighted by Gasteiger charge is -2.15. The molecule has 4 rings (SSSR count). The summed E-state index contributed by atoms with van der Waals surface area (Å²) >= 11 is 0. The molecular formula is C25H23N3O. The summed E-state index contributed by atoms with van der Waals surface area (Å²) in [5, 5.41) is 4.00. The fraction of sp³-hybridized carbons (Fsp3) is 0.160. The zero-order valence-corrected chi connectivity index (χ0v) is 16.4. The number of nitrogens with zero attached hydrogens (tertiary/aromatic N) is 2. The third-order valence-corrected chi connectivity index (χ3v) is 4.97. The number of rotatable bonds is 6. The normalized spacial score (nSPS) is 11.9. The van der Waals surface area contributed by atoms with Crippen LogP contribution in [0.15, 0.2) is 85.1 Å². The maximum absolute atomic E-state index is 13.1. The molecule has 0 spiro atoms. The standard InChI is InChI=1S/C25H23N3O/c1-18(14-15-19-9-3-2-4-10-19)27-25(29)21-17-24(23-13-7-8-16-26-23)28-22-12-6-5-11-20(21)22/h2-13,16-18H,14-15H2,1H3,(H,27,29). The van der Waals surface area contributed by atoms with Crippen LogP contribution in [0.4, 0.5) is 0 Å². The van der Waals surface area contributed by atoms with Gasteiger partial charge in [-0.05, 0) is 49.6 Å². The van der Waals surface area contributed by atoms with Crippen LogP contribution in [0.5, 0.6) is 0 Å². The predicted octanol–water partition coefficient (Wildman–Crippen LogP) is 5.05. The van der Waals surface area contributed by atoms with Gasteiger partial charge in [-0.3, -0.25) is 9.78 Å². The van der Waals surface area contributed by atoms with Gasteiger partial charge in [0.25, 0.3) is 5.91 Å². The van der Waals surface area contributed by atoms with Crippen molar-refractivity contribution in [3.05, 3.63) is 96.2 Å². The summed E-state index contributed by atoms with van der Waals surface area (Å²) in [6.07, 6.45) is 3.54. The van der Waals surface area contributed by atoms with E-state index in [1.54, 1.807) is 6.20 Å². The van der Waals surface area contributed by atoms with E-state index in [4.69, 9.17) is 4.98 Å². The summed E-state index contributed by atoms with van der Waals surface area (Å²) in [7, 11) is 0. The fourth-order valence-corrected chi connectivity index (χ4v) is 3.41. The first-order valence-electron chi connectivity index (χ1n) is 9.87. The molecule has 2 heterocycles. The molecule has 1 unspecified atom stereocenters. The monoisotopic (exact) mass is 381 g/mol. The van der Waals surface area contributed by atoms with Crippen molar-refractivity contribution in [2.75, 3.05) is 0 Å². The minimum Gasteiger partial charge on any atom is -0.350 e. The summed E-state index contributed by atoms with van der Waals surface area (Å²) in [5.41, 5.74) is 4.15. The molecule has 0 aliphatic rings. The number of hydrogen-bond acceptors (Lipinski definition) is 3. The van der Waals surface area contributed by atoms with Gasteiger partial charge >= 0.3 is 0 Å². The van der Waals surface area contributed by atoms with Gasteiger partial charge in [0.15, 0.2) is 0 Å². The lowest BCUT2D eigenvalue weighted by Crippen LogP contribution is -2.33. The predicted molar refractivity (Wildman–Crippen MR) is 117 cm³/mol. The van der Waals surface area contributed by atoms with Gasteiger partial charge in [-0.15, -0.1) is 0 Å². The van der Waals surface area contributed by atoms with Gasteiger partial charge in [0.2, 0.25) is 0 Å². The van der Waals surface area contributed by atoms with E-state index in [9.17, 15) is 4.79 Å². The smallest absolute Gasteiger partial charge is 0.252 e. The molecule has 0 radical (unpaired) electrons. The molecule has 4 nitrogen and oxygen atoms in total. The second-order valence-corrected chi connectivity index (χ2v) is 7.19. The Hall–Kier alpha value is -3.53. The van der Waals surface area contributed by atoms with E-state index in [1.807, 2.05) is 73.7 Å². The van der Waals surface area contributed by atoms with Crippen LogP contribution in [-0.2, 0) is 6.42 Å². The molecule has 0 bridgehead atoms. The van der Waals surface area contributed by atoms with Crippen LogP contribution in [0.25, 0.3) is 22.3 Å². The van der Waals surface area contributed by atoms with E-state index in [0.717, 1.165) is 29.4 Å². The van der Waals surface area contributed by atoms with Crippen molar-refractivity contribution in [3.63, 3.8) is 0 Å². The summed E-state index contributed by atoms with van der Waals surface area (Å²) in [5.74, 6) is -0.0821. The van der Waals surface area contributed by atoms with Crippen molar-refractivity contribution in [2.45, 2.75) is 25.8 Å². The largest absolute Gasteiger partial charge is 0.350 e. The Kier molecular flexibility index (Phi) is 5.61. The molecule has 0 aliphatic heterocycles. The Morgan fingerprint density at radius 1 is 0.931 bits per heavy atom. The van der Waals surface area contributed by atoms with Crippen molar-refractivity contribution < 1.29 is 4.79 Å². The molecule has 4 aromatic rings. The summed E-state index contributed by atoms with van der Waals surface area (Å²) in [4.78, 5) is 22.2. The molecule has 2 aromatic carbocycles. The quantitative estimate of drug-likeness (QED) is 0.509. The lowest BCUT2D eigenvalue weighted by molar-refractivity contribution is 0.0940. The number of benzene rings is 2. The van der Waals surface area contributed by atoms with Crippen LogP contribution < -0.4 is 5.32 Å². The molecule has 2 aromatic heterocycles. The Morgan fingerprint density at radius 3 is 2.48 bits per heavy atom. The van der Waals surface area contributed by atoms with Crippen molar-refractivity contribution >= 4 is 16.8 Å². The SMILES string of the molecule is CC(CCc1ccccc1)NC(=O)c1cc(-c2ccccn2)nc2ccccc12. The first kappa shape index (κ1) is 18.8. The average Bonchev–Trinajstić information content (AvgIpc) is 2.78. The van der Waals surface area contributed by atoms with Crippen LogP contribution >= 0.6 is 0 Å². The number of hydrogen-bond donors (Lipinski definition) is 1. The second-order valence-electron chi connectivity index (χ2n) is 7.19. The molecule has 1 amide bonds. The Bertz CT molecular complexity index is 1110. The van der Waals surface area contributed by atoms with Crippen molar-refractivity contribution in [1.29, 1.82) is 0 Å². The van der Waals surface area contributed by atoms with Gasteiger partial charge in [-0.25, -0.2) is 4.98 Å².